The summed E-state index contributed by atoms with van der Waals surface area (Å²) in [5.74, 6) is 0.331. The summed E-state index contributed by atoms with van der Waals surface area (Å²) in [5.41, 5.74) is 2.22. The van der Waals surface area contributed by atoms with Gasteiger partial charge in [-0.05, 0) is 12.1 Å². The number of amides is 1. The first-order valence-electron chi connectivity index (χ1n) is 7.70. The van der Waals surface area contributed by atoms with E-state index in [9.17, 15) is 4.79 Å². The maximum atomic E-state index is 12.8. The van der Waals surface area contributed by atoms with Gasteiger partial charge in [0.15, 0.2) is 0 Å². The highest BCUT2D eigenvalue weighted by Gasteiger charge is 2.18. The summed E-state index contributed by atoms with van der Waals surface area (Å²) in [6.45, 7) is 4.71. The second kappa shape index (κ2) is 6.92. The highest BCUT2D eigenvalue weighted by molar-refractivity contribution is 7.09. The van der Waals surface area contributed by atoms with Crippen LogP contribution in [-0.4, -0.2) is 37.6 Å². The van der Waals surface area contributed by atoms with Crippen molar-refractivity contribution in [1.29, 1.82) is 0 Å². The third kappa shape index (κ3) is 3.35. The number of hydrogen-bond donors (Lipinski definition) is 0. The fourth-order valence-corrected chi connectivity index (χ4v) is 3.19. The van der Waals surface area contributed by atoms with Crippen molar-refractivity contribution < 1.29 is 4.79 Å². The fourth-order valence-electron chi connectivity index (χ4n) is 2.37. The number of hydrogen-bond acceptors (Lipinski definition) is 5. The minimum atomic E-state index is -0.0693. The molecule has 0 spiro atoms. The first-order chi connectivity index (χ1) is 11.6. The fraction of sp³-hybridized carbons (Fsp3) is 0.294. The lowest BCUT2D eigenvalue weighted by Gasteiger charge is -2.18. The Morgan fingerprint density at radius 2 is 2.12 bits per heavy atom. The summed E-state index contributed by atoms with van der Waals surface area (Å²) in [7, 11) is 1.79. The lowest BCUT2D eigenvalue weighted by atomic mass is 10.1. The zero-order valence-electron chi connectivity index (χ0n) is 13.9. The van der Waals surface area contributed by atoms with Crippen LogP contribution in [0.25, 0.3) is 5.69 Å². The van der Waals surface area contributed by atoms with E-state index < -0.39 is 0 Å². The van der Waals surface area contributed by atoms with E-state index in [4.69, 9.17) is 0 Å². The van der Waals surface area contributed by atoms with Gasteiger partial charge in [0.2, 0.25) is 0 Å². The zero-order valence-corrected chi connectivity index (χ0v) is 14.7. The molecule has 3 aromatic rings. The van der Waals surface area contributed by atoms with Gasteiger partial charge in [-0.1, -0.05) is 26.0 Å². The normalized spacial score (nSPS) is 11.0. The van der Waals surface area contributed by atoms with E-state index in [1.165, 1.54) is 6.33 Å². The van der Waals surface area contributed by atoms with Crippen molar-refractivity contribution in [2.45, 2.75) is 26.3 Å². The number of aromatic nitrogens is 4. The van der Waals surface area contributed by atoms with Gasteiger partial charge in [0.05, 0.1) is 28.5 Å². The van der Waals surface area contributed by atoms with Crippen molar-refractivity contribution in [3.05, 3.63) is 58.6 Å². The molecule has 0 bridgehead atoms. The second-order valence-electron chi connectivity index (χ2n) is 5.85. The van der Waals surface area contributed by atoms with E-state index >= 15 is 0 Å². The van der Waals surface area contributed by atoms with Gasteiger partial charge in [0.25, 0.3) is 5.91 Å². The second-order valence-corrected chi connectivity index (χ2v) is 6.74. The van der Waals surface area contributed by atoms with Crippen LogP contribution in [0.5, 0.6) is 0 Å². The first-order valence-corrected chi connectivity index (χ1v) is 8.58. The Morgan fingerprint density at radius 3 is 2.79 bits per heavy atom. The standard InChI is InChI=1S/C17H19N5OS/c1-12(2)16-20-13(9-24-16)8-21(3)17(23)14-6-4-5-7-15(14)22-11-18-10-19-22/h4-7,9-12H,8H2,1-3H3. The van der Waals surface area contributed by atoms with Crippen LogP contribution in [0.15, 0.2) is 42.3 Å². The molecule has 3 rings (SSSR count). The van der Waals surface area contributed by atoms with Gasteiger partial charge in [-0.3, -0.25) is 4.79 Å². The van der Waals surface area contributed by atoms with Crippen LogP contribution >= 0.6 is 11.3 Å². The minimum Gasteiger partial charge on any atom is -0.336 e. The molecule has 24 heavy (non-hydrogen) atoms. The van der Waals surface area contributed by atoms with Crippen LogP contribution < -0.4 is 0 Å². The third-order valence-corrected chi connectivity index (χ3v) is 4.80. The molecule has 6 nitrogen and oxygen atoms in total. The third-order valence-electron chi connectivity index (χ3n) is 3.61. The smallest absolute Gasteiger partial charge is 0.256 e. The van der Waals surface area contributed by atoms with Crippen LogP contribution in [0, 0.1) is 0 Å². The predicted molar refractivity (Wildman–Crippen MR) is 93.4 cm³/mol. The Labute approximate surface area is 144 Å². The molecule has 0 N–H and O–H groups in total. The van der Waals surface area contributed by atoms with E-state index in [1.807, 2.05) is 23.6 Å². The molecule has 0 saturated heterocycles. The SMILES string of the molecule is CC(C)c1nc(CN(C)C(=O)c2ccccc2-n2cncn2)cs1. The van der Waals surface area contributed by atoms with Gasteiger partial charge < -0.3 is 4.90 Å². The highest BCUT2D eigenvalue weighted by Crippen LogP contribution is 2.21. The molecule has 0 aliphatic heterocycles. The topological polar surface area (TPSA) is 63.9 Å². The lowest BCUT2D eigenvalue weighted by molar-refractivity contribution is 0.0783. The minimum absolute atomic E-state index is 0.0693. The number of rotatable bonds is 5. The van der Waals surface area contributed by atoms with Crippen molar-refractivity contribution in [2.24, 2.45) is 0 Å². The van der Waals surface area contributed by atoms with E-state index in [0.29, 0.717) is 23.7 Å². The average molecular weight is 341 g/mol. The maximum Gasteiger partial charge on any atom is 0.256 e. The summed E-state index contributed by atoms with van der Waals surface area (Å²) >= 11 is 1.64. The number of carbonyl (C=O) groups excluding carboxylic acids is 1. The highest BCUT2D eigenvalue weighted by atomic mass is 32.1. The van der Waals surface area contributed by atoms with Crippen molar-refractivity contribution >= 4 is 17.2 Å². The summed E-state index contributed by atoms with van der Waals surface area (Å²) < 4.78 is 1.60. The molecule has 0 aliphatic rings. The van der Waals surface area contributed by atoms with Crippen LogP contribution in [-0.2, 0) is 6.54 Å². The van der Waals surface area contributed by atoms with E-state index in [1.54, 1.807) is 40.4 Å². The molecule has 2 heterocycles. The van der Waals surface area contributed by atoms with Gasteiger partial charge in [-0.2, -0.15) is 5.10 Å². The molecule has 0 radical (unpaired) electrons. The molecule has 7 heteroatoms. The Bertz CT molecular complexity index is 825. The molecule has 0 fully saturated rings. The average Bonchev–Trinajstić information content (AvgIpc) is 3.25. The lowest BCUT2D eigenvalue weighted by Crippen LogP contribution is -2.27. The summed E-state index contributed by atoms with van der Waals surface area (Å²) in [6, 6.07) is 7.39. The molecule has 0 atom stereocenters. The van der Waals surface area contributed by atoms with Gasteiger partial charge >= 0.3 is 0 Å². The Morgan fingerprint density at radius 1 is 1.33 bits per heavy atom. The monoisotopic (exact) mass is 341 g/mol. The van der Waals surface area contributed by atoms with Gasteiger partial charge in [-0.15, -0.1) is 11.3 Å². The number of carbonyl (C=O) groups is 1. The molecular formula is C17H19N5OS. The Kier molecular flexibility index (Phi) is 4.71. The first kappa shape index (κ1) is 16.3. The molecule has 1 amide bonds. The largest absolute Gasteiger partial charge is 0.336 e. The predicted octanol–water partition coefficient (Wildman–Crippen LogP) is 3.12. The quantitative estimate of drug-likeness (QED) is 0.715. The number of thiazole rings is 1. The summed E-state index contributed by atoms with van der Waals surface area (Å²) in [6.07, 6.45) is 3.04. The van der Waals surface area contributed by atoms with Crippen molar-refractivity contribution in [1.82, 2.24) is 24.6 Å². The molecule has 0 saturated carbocycles. The summed E-state index contributed by atoms with van der Waals surface area (Å²) in [5, 5.41) is 7.23. The van der Waals surface area contributed by atoms with E-state index in [2.05, 4.69) is 28.9 Å². The maximum absolute atomic E-state index is 12.8. The van der Waals surface area contributed by atoms with Gasteiger partial charge in [0, 0.05) is 18.3 Å². The number of nitrogens with zero attached hydrogens (tertiary/aromatic N) is 5. The summed E-state index contributed by atoms with van der Waals surface area (Å²) in [4.78, 5) is 23.1. The van der Waals surface area contributed by atoms with E-state index in [-0.39, 0.29) is 5.91 Å². The van der Waals surface area contributed by atoms with Gasteiger partial charge in [-0.25, -0.2) is 14.6 Å². The molecular weight excluding hydrogens is 322 g/mol. The van der Waals surface area contributed by atoms with Crippen molar-refractivity contribution in [3.63, 3.8) is 0 Å². The molecule has 124 valence electrons. The Hall–Kier alpha value is -2.54. The molecule has 1 aromatic carbocycles. The van der Waals surface area contributed by atoms with Crippen molar-refractivity contribution in [3.8, 4) is 5.69 Å². The van der Waals surface area contributed by atoms with Crippen LogP contribution in [0.1, 0.15) is 40.8 Å². The molecule has 2 aromatic heterocycles. The van der Waals surface area contributed by atoms with Crippen LogP contribution in [0.4, 0.5) is 0 Å². The van der Waals surface area contributed by atoms with Gasteiger partial charge in [0.1, 0.15) is 12.7 Å². The van der Waals surface area contributed by atoms with Crippen LogP contribution in [0.2, 0.25) is 0 Å². The molecule has 0 unspecified atom stereocenters. The van der Waals surface area contributed by atoms with Crippen LogP contribution in [0.3, 0.4) is 0 Å². The number of benzene rings is 1. The number of para-hydroxylation sites is 1. The van der Waals surface area contributed by atoms with Crippen molar-refractivity contribution in [2.75, 3.05) is 7.05 Å². The zero-order chi connectivity index (χ0) is 17.1. The molecule has 0 aliphatic carbocycles. The Balaban J connectivity index is 1.81. The van der Waals surface area contributed by atoms with E-state index in [0.717, 1.165) is 10.7 Å².